The van der Waals surface area contributed by atoms with Crippen LogP contribution in [-0.4, -0.2) is 10.9 Å². The van der Waals surface area contributed by atoms with Crippen LogP contribution in [0.2, 0.25) is 0 Å². The molecule has 1 N–H and O–H groups in total. The minimum atomic E-state index is -0.258. The van der Waals surface area contributed by atoms with Gasteiger partial charge in [-0.25, -0.2) is 0 Å². The molecule has 1 aromatic carbocycles. The number of aromatic hydroxyl groups is 1. The van der Waals surface area contributed by atoms with Gasteiger partial charge in [0, 0.05) is 17.5 Å². The van der Waals surface area contributed by atoms with E-state index in [1.54, 1.807) is 0 Å². The van der Waals surface area contributed by atoms with Crippen molar-refractivity contribution in [3.63, 3.8) is 0 Å². The standard InChI is InChI=1S/C17H26O2/c1-8-13(18)11-9-10-12(16(2,3)4)15(19)14(11)17(5,6)7/h9-10,19H,8H2,1-7H3. The van der Waals surface area contributed by atoms with Crippen LogP contribution in [0.15, 0.2) is 12.1 Å². The Morgan fingerprint density at radius 1 is 1.05 bits per heavy atom. The van der Waals surface area contributed by atoms with E-state index in [0.29, 0.717) is 12.0 Å². The minimum Gasteiger partial charge on any atom is -0.507 e. The van der Waals surface area contributed by atoms with Crippen molar-refractivity contribution < 1.29 is 9.90 Å². The van der Waals surface area contributed by atoms with Crippen LogP contribution >= 0.6 is 0 Å². The van der Waals surface area contributed by atoms with Crippen molar-refractivity contribution in [3.8, 4) is 5.75 Å². The van der Waals surface area contributed by atoms with Gasteiger partial charge in [0.25, 0.3) is 0 Å². The molecule has 0 heterocycles. The van der Waals surface area contributed by atoms with E-state index < -0.39 is 0 Å². The number of hydrogen-bond donors (Lipinski definition) is 1. The maximum atomic E-state index is 12.1. The Morgan fingerprint density at radius 2 is 1.58 bits per heavy atom. The van der Waals surface area contributed by atoms with E-state index in [9.17, 15) is 9.90 Å². The summed E-state index contributed by atoms with van der Waals surface area (Å²) < 4.78 is 0. The Bertz CT molecular complexity index is 485. The highest BCUT2D eigenvalue weighted by Gasteiger charge is 2.29. The molecule has 0 aliphatic heterocycles. The molecule has 0 atom stereocenters. The van der Waals surface area contributed by atoms with Crippen LogP contribution in [0.3, 0.4) is 0 Å². The van der Waals surface area contributed by atoms with Gasteiger partial charge in [-0.1, -0.05) is 60.6 Å². The summed E-state index contributed by atoms with van der Waals surface area (Å²) in [5.41, 5.74) is 1.92. The molecule has 106 valence electrons. The fourth-order valence-electron chi connectivity index (χ4n) is 2.38. The molecule has 2 nitrogen and oxygen atoms in total. The second-order valence-corrected chi connectivity index (χ2v) is 7.16. The van der Waals surface area contributed by atoms with Crippen LogP contribution < -0.4 is 0 Å². The minimum absolute atomic E-state index is 0.0840. The van der Waals surface area contributed by atoms with Crippen molar-refractivity contribution >= 4 is 5.78 Å². The van der Waals surface area contributed by atoms with Crippen LogP contribution in [0, 0.1) is 0 Å². The van der Waals surface area contributed by atoms with Crippen LogP contribution in [0.4, 0.5) is 0 Å². The van der Waals surface area contributed by atoms with Gasteiger partial charge in [0.15, 0.2) is 5.78 Å². The van der Waals surface area contributed by atoms with Gasteiger partial charge in [-0.15, -0.1) is 0 Å². The highest BCUT2D eigenvalue weighted by atomic mass is 16.3. The van der Waals surface area contributed by atoms with Gasteiger partial charge in [-0.05, 0) is 16.4 Å². The predicted octanol–water partition coefficient (Wildman–Crippen LogP) is 4.58. The van der Waals surface area contributed by atoms with Gasteiger partial charge in [-0.3, -0.25) is 4.79 Å². The summed E-state index contributed by atoms with van der Waals surface area (Å²) in [6.45, 7) is 14.1. The number of carbonyl (C=O) groups excluding carboxylic acids is 1. The fraction of sp³-hybridized carbons (Fsp3) is 0.588. The second kappa shape index (κ2) is 4.99. The third-order valence-electron chi connectivity index (χ3n) is 3.36. The van der Waals surface area contributed by atoms with Crippen LogP contribution in [0.5, 0.6) is 5.75 Å². The van der Waals surface area contributed by atoms with Crippen LogP contribution in [0.25, 0.3) is 0 Å². The number of carbonyl (C=O) groups is 1. The Labute approximate surface area is 116 Å². The van der Waals surface area contributed by atoms with Gasteiger partial charge >= 0.3 is 0 Å². The van der Waals surface area contributed by atoms with Crippen molar-refractivity contribution in [2.24, 2.45) is 0 Å². The predicted molar refractivity (Wildman–Crippen MR) is 80.1 cm³/mol. The Morgan fingerprint density at radius 3 is 1.95 bits per heavy atom. The second-order valence-electron chi connectivity index (χ2n) is 7.16. The van der Waals surface area contributed by atoms with E-state index in [2.05, 4.69) is 20.8 Å². The lowest BCUT2D eigenvalue weighted by molar-refractivity contribution is 0.0985. The SMILES string of the molecule is CCC(=O)c1ccc(C(C)(C)C)c(O)c1C(C)(C)C. The fourth-order valence-corrected chi connectivity index (χ4v) is 2.38. The first-order valence-corrected chi connectivity index (χ1v) is 6.90. The number of ketones is 1. The van der Waals surface area contributed by atoms with Crippen LogP contribution in [-0.2, 0) is 10.8 Å². The number of Topliss-reactive ketones (excluding diaryl/α,β-unsaturated/α-hetero) is 1. The molecular formula is C17H26O2. The van der Waals surface area contributed by atoms with Gasteiger partial charge < -0.3 is 5.11 Å². The summed E-state index contributed by atoms with van der Waals surface area (Å²) in [6, 6.07) is 3.75. The summed E-state index contributed by atoms with van der Waals surface area (Å²) in [5, 5.41) is 10.6. The van der Waals surface area contributed by atoms with E-state index >= 15 is 0 Å². The summed E-state index contributed by atoms with van der Waals surface area (Å²) >= 11 is 0. The summed E-state index contributed by atoms with van der Waals surface area (Å²) in [5.74, 6) is 0.361. The summed E-state index contributed by atoms with van der Waals surface area (Å²) in [6.07, 6.45) is 0.456. The molecule has 0 radical (unpaired) electrons. The van der Waals surface area contributed by atoms with E-state index in [4.69, 9.17) is 0 Å². The summed E-state index contributed by atoms with van der Waals surface area (Å²) in [4.78, 5) is 12.1. The Kier molecular flexibility index (Phi) is 4.14. The lowest BCUT2D eigenvalue weighted by Crippen LogP contribution is -2.20. The number of phenols is 1. The number of hydrogen-bond acceptors (Lipinski definition) is 2. The molecule has 0 spiro atoms. The molecule has 0 amide bonds. The van der Waals surface area contributed by atoms with Crippen molar-refractivity contribution in [1.82, 2.24) is 0 Å². The molecule has 0 bridgehead atoms. The quantitative estimate of drug-likeness (QED) is 0.792. The molecule has 0 saturated carbocycles. The lowest BCUT2D eigenvalue weighted by atomic mass is 9.76. The molecule has 0 aliphatic carbocycles. The monoisotopic (exact) mass is 262 g/mol. The molecule has 2 heteroatoms. The molecule has 0 fully saturated rings. The molecule has 0 unspecified atom stereocenters. The smallest absolute Gasteiger partial charge is 0.163 e. The highest BCUT2D eigenvalue weighted by Crippen LogP contribution is 2.41. The van der Waals surface area contributed by atoms with Gasteiger partial charge in [-0.2, -0.15) is 0 Å². The van der Waals surface area contributed by atoms with Gasteiger partial charge in [0.05, 0.1) is 0 Å². The third-order valence-corrected chi connectivity index (χ3v) is 3.36. The van der Waals surface area contributed by atoms with E-state index in [1.165, 1.54) is 0 Å². The van der Waals surface area contributed by atoms with E-state index in [-0.39, 0.29) is 22.4 Å². The molecule has 1 rings (SSSR count). The zero-order valence-electron chi connectivity index (χ0n) is 13.2. The van der Waals surface area contributed by atoms with Crippen molar-refractivity contribution in [2.45, 2.75) is 65.7 Å². The topological polar surface area (TPSA) is 37.3 Å². The molecule has 0 aromatic heterocycles. The molecular weight excluding hydrogens is 236 g/mol. The molecule has 0 aliphatic rings. The third kappa shape index (κ3) is 3.17. The number of phenolic OH excluding ortho intramolecular Hbond substituents is 1. The normalized spacial score (nSPS) is 12.6. The maximum absolute atomic E-state index is 12.1. The van der Waals surface area contributed by atoms with Crippen LogP contribution in [0.1, 0.15) is 76.4 Å². The van der Waals surface area contributed by atoms with Gasteiger partial charge in [0.2, 0.25) is 0 Å². The summed E-state index contributed by atoms with van der Waals surface area (Å²) in [7, 11) is 0. The zero-order chi connectivity index (χ0) is 15.0. The van der Waals surface area contributed by atoms with E-state index in [1.807, 2.05) is 39.8 Å². The first-order valence-electron chi connectivity index (χ1n) is 6.90. The lowest BCUT2D eigenvalue weighted by Gasteiger charge is -2.29. The van der Waals surface area contributed by atoms with E-state index in [0.717, 1.165) is 11.1 Å². The first kappa shape index (κ1) is 15.7. The average molecular weight is 262 g/mol. The zero-order valence-corrected chi connectivity index (χ0v) is 13.2. The van der Waals surface area contributed by atoms with Crippen molar-refractivity contribution in [2.75, 3.05) is 0 Å². The van der Waals surface area contributed by atoms with Gasteiger partial charge in [0.1, 0.15) is 5.75 Å². The molecule has 19 heavy (non-hydrogen) atoms. The highest BCUT2D eigenvalue weighted by molar-refractivity contribution is 5.98. The van der Waals surface area contributed by atoms with Crippen molar-refractivity contribution in [1.29, 1.82) is 0 Å². The Balaban J connectivity index is 3.65. The number of rotatable bonds is 2. The average Bonchev–Trinajstić information content (AvgIpc) is 2.23. The van der Waals surface area contributed by atoms with Crippen molar-refractivity contribution in [3.05, 3.63) is 28.8 Å². The maximum Gasteiger partial charge on any atom is 0.163 e. The molecule has 0 saturated heterocycles. The Hall–Kier alpha value is -1.31. The molecule has 1 aromatic rings. The number of benzene rings is 1. The first-order chi connectivity index (χ1) is 8.50. The largest absolute Gasteiger partial charge is 0.507 e.